The Balaban J connectivity index is 1.08. The quantitative estimate of drug-likeness (QED) is 0.528. The van der Waals surface area contributed by atoms with Gasteiger partial charge < -0.3 is 24.8 Å². The van der Waals surface area contributed by atoms with E-state index in [1.54, 1.807) is 6.08 Å². The molecule has 6 rings (SSSR count). The standard InChI is InChI=1S/C30H46N2O5/c1-28-10-7-22(37-27(34)31-13-16-32-14-3-4-15-32)18-21(28)5-6-25-24(28)8-11-29(2)23(9-12-30(25,29)35)20-17-26(33)36-19-20/h17,21-25,35H,3-16,18-19H2,1-2H3,(H,31,34)/t21-,22+,23-,24+,25-,28+,29-,30+/m1/s1. The fraction of sp³-hybridized carbons (Fsp3) is 0.867. The molecule has 7 heteroatoms. The molecule has 0 aromatic heterocycles. The van der Waals surface area contributed by atoms with Crippen molar-refractivity contribution in [2.24, 2.45) is 34.5 Å². The molecule has 6 aliphatic rings. The third-order valence-corrected chi connectivity index (χ3v) is 12.1. The van der Waals surface area contributed by atoms with Crippen molar-refractivity contribution in [2.45, 2.75) is 96.2 Å². The maximum Gasteiger partial charge on any atom is 0.407 e. The predicted octanol–water partition coefficient (Wildman–Crippen LogP) is 4.43. The Hall–Kier alpha value is -1.60. The smallest absolute Gasteiger partial charge is 0.407 e. The highest BCUT2D eigenvalue weighted by atomic mass is 16.6. The molecule has 0 radical (unpaired) electrons. The van der Waals surface area contributed by atoms with Crippen LogP contribution in [0.5, 0.6) is 0 Å². The number of cyclic esters (lactones) is 1. The molecule has 206 valence electrons. The Kier molecular flexibility index (Phi) is 6.62. The molecule has 5 fully saturated rings. The SMILES string of the molecule is C[C@]12CC[C@H](OC(=O)NCCN3CCCC3)C[C@H]1CC[C@@H]1[C@@H]2CC[C@]2(C)[C@@H](C3=CC(=O)OC3)CC[C@]12O. The first kappa shape index (κ1) is 25.7. The molecule has 37 heavy (non-hydrogen) atoms. The fourth-order valence-electron chi connectivity index (χ4n) is 9.99. The number of fused-ring (bicyclic) bond motifs is 5. The number of hydrogen-bond donors (Lipinski definition) is 2. The van der Waals surface area contributed by atoms with Crippen molar-refractivity contribution in [2.75, 3.05) is 32.8 Å². The number of ether oxygens (including phenoxy) is 2. The van der Waals surface area contributed by atoms with Crippen LogP contribution in [0.25, 0.3) is 0 Å². The summed E-state index contributed by atoms with van der Waals surface area (Å²) in [4.78, 5) is 26.7. The number of nitrogens with one attached hydrogen (secondary N) is 1. The predicted molar refractivity (Wildman–Crippen MR) is 140 cm³/mol. The van der Waals surface area contributed by atoms with Gasteiger partial charge in [-0.25, -0.2) is 9.59 Å². The van der Waals surface area contributed by atoms with Gasteiger partial charge in [-0.2, -0.15) is 0 Å². The average Bonchev–Trinajstić information content (AvgIpc) is 3.59. The largest absolute Gasteiger partial charge is 0.458 e. The van der Waals surface area contributed by atoms with E-state index in [2.05, 4.69) is 24.1 Å². The third kappa shape index (κ3) is 4.23. The van der Waals surface area contributed by atoms with Gasteiger partial charge in [0.1, 0.15) is 12.7 Å². The van der Waals surface area contributed by atoms with E-state index in [1.165, 1.54) is 12.8 Å². The Bertz CT molecular complexity index is 946. The number of hydrogen-bond acceptors (Lipinski definition) is 6. The molecule has 4 saturated carbocycles. The zero-order chi connectivity index (χ0) is 25.8. The number of rotatable bonds is 5. The molecule has 2 N–H and O–H groups in total. The molecule has 8 atom stereocenters. The highest BCUT2D eigenvalue weighted by Crippen LogP contribution is 2.70. The molecular weight excluding hydrogens is 468 g/mol. The first-order valence-corrected chi connectivity index (χ1v) is 15.0. The number of esters is 1. The van der Waals surface area contributed by atoms with Gasteiger partial charge >= 0.3 is 12.1 Å². The van der Waals surface area contributed by atoms with E-state index in [0.29, 0.717) is 30.9 Å². The van der Waals surface area contributed by atoms with Crippen LogP contribution in [0, 0.1) is 34.5 Å². The Morgan fingerprint density at radius 1 is 1.11 bits per heavy atom. The molecule has 7 nitrogen and oxygen atoms in total. The lowest BCUT2D eigenvalue weighted by molar-refractivity contribution is -0.208. The van der Waals surface area contributed by atoms with E-state index < -0.39 is 5.60 Å². The van der Waals surface area contributed by atoms with Gasteiger partial charge in [-0.1, -0.05) is 13.8 Å². The van der Waals surface area contributed by atoms with Crippen LogP contribution in [0.1, 0.15) is 84.5 Å². The monoisotopic (exact) mass is 514 g/mol. The number of amides is 1. The van der Waals surface area contributed by atoms with E-state index in [1.807, 2.05) is 0 Å². The van der Waals surface area contributed by atoms with Crippen LogP contribution < -0.4 is 5.32 Å². The fourth-order valence-corrected chi connectivity index (χ4v) is 9.99. The van der Waals surface area contributed by atoms with Gasteiger partial charge in [0.15, 0.2) is 0 Å². The normalized spacial score (nSPS) is 45.4. The number of carbonyl (C=O) groups excluding carboxylic acids is 2. The van der Waals surface area contributed by atoms with Gasteiger partial charge in [0, 0.05) is 24.6 Å². The third-order valence-electron chi connectivity index (χ3n) is 12.1. The van der Waals surface area contributed by atoms with E-state index >= 15 is 0 Å². The van der Waals surface area contributed by atoms with E-state index in [4.69, 9.17) is 9.47 Å². The lowest BCUT2D eigenvalue weighted by atomic mass is 9.43. The highest BCUT2D eigenvalue weighted by molar-refractivity contribution is 5.85. The van der Waals surface area contributed by atoms with Gasteiger partial charge in [0.2, 0.25) is 0 Å². The van der Waals surface area contributed by atoms with E-state index in [9.17, 15) is 14.7 Å². The second-order valence-corrected chi connectivity index (χ2v) is 13.6. The lowest BCUT2D eigenvalue weighted by Gasteiger charge is -2.63. The van der Waals surface area contributed by atoms with Gasteiger partial charge in [0.25, 0.3) is 0 Å². The second-order valence-electron chi connectivity index (χ2n) is 13.6. The molecule has 2 heterocycles. The molecular formula is C30H46N2O5. The Morgan fingerprint density at radius 2 is 1.92 bits per heavy atom. The van der Waals surface area contributed by atoms with Crippen molar-refractivity contribution >= 4 is 12.1 Å². The maximum absolute atomic E-state index is 12.5. The first-order chi connectivity index (χ1) is 17.7. The van der Waals surface area contributed by atoms with Gasteiger partial charge in [-0.3, -0.25) is 0 Å². The molecule has 0 aromatic rings. The molecule has 1 amide bonds. The molecule has 1 saturated heterocycles. The average molecular weight is 515 g/mol. The van der Waals surface area contributed by atoms with Crippen molar-refractivity contribution < 1.29 is 24.2 Å². The van der Waals surface area contributed by atoms with Gasteiger partial charge in [-0.15, -0.1) is 0 Å². The van der Waals surface area contributed by atoms with Gasteiger partial charge in [-0.05, 0) is 118 Å². The van der Waals surface area contributed by atoms with Crippen LogP contribution in [-0.4, -0.2) is 66.6 Å². The second kappa shape index (κ2) is 9.55. The summed E-state index contributed by atoms with van der Waals surface area (Å²) in [5.41, 5.74) is 0.419. The number of likely N-dealkylation sites (tertiary alicyclic amines) is 1. The summed E-state index contributed by atoms with van der Waals surface area (Å²) in [5.74, 6) is 1.37. The van der Waals surface area contributed by atoms with Crippen LogP contribution in [0.3, 0.4) is 0 Å². The zero-order valence-electron chi connectivity index (χ0n) is 22.8. The Morgan fingerprint density at radius 3 is 2.68 bits per heavy atom. The minimum absolute atomic E-state index is 0.000978. The van der Waals surface area contributed by atoms with E-state index in [-0.39, 0.29) is 34.9 Å². The summed E-state index contributed by atoms with van der Waals surface area (Å²) in [6, 6.07) is 0. The number of alkyl carbamates (subject to hydrolysis) is 1. The summed E-state index contributed by atoms with van der Waals surface area (Å²) >= 11 is 0. The summed E-state index contributed by atoms with van der Waals surface area (Å²) in [6.45, 7) is 9.00. The van der Waals surface area contributed by atoms with Gasteiger partial charge in [0.05, 0.1) is 5.60 Å². The van der Waals surface area contributed by atoms with Crippen LogP contribution in [0.4, 0.5) is 4.79 Å². The number of carbonyl (C=O) groups is 2. The molecule has 0 bridgehead atoms. The number of aliphatic hydroxyl groups is 1. The van der Waals surface area contributed by atoms with Crippen molar-refractivity contribution in [3.05, 3.63) is 11.6 Å². The Labute approximate surface area is 221 Å². The van der Waals surface area contributed by atoms with Crippen LogP contribution >= 0.6 is 0 Å². The molecule has 0 aromatic carbocycles. The summed E-state index contributed by atoms with van der Waals surface area (Å²) in [5, 5.41) is 15.3. The van der Waals surface area contributed by atoms with Crippen molar-refractivity contribution in [3.8, 4) is 0 Å². The van der Waals surface area contributed by atoms with Crippen LogP contribution in [0.15, 0.2) is 11.6 Å². The number of nitrogens with zero attached hydrogens (tertiary/aromatic N) is 1. The molecule has 2 aliphatic heterocycles. The van der Waals surface area contributed by atoms with Crippen molar-refractivity contribution in [1.29, 1.82) is 0 Å². The molecule has 0 unspecified atom stereocenters. The topological polar surface area (TPSA) is 88.1 Å². The summed E-state index contributed by atoms with van der Waals surface area (Å²) in [6.07, 6.45) is 12.9. The van der Waals surface area contributed by atoms with E-state index in [0.717, 1.165) is 83.0 Å². The van der Waals surface area contributed by atoms with Crippen molar-refractivity contribution in [3.63, 3.8) is 0 Å². The minimum Gasteiger partial charge on any atom is -0.458 e. The molecule has 0 spiro atoms. The van der Waals surface area contributed by atoms with Crippen LogP contribution in [-0.2, 0) is 14.3 Å². The minimum atomic E-state index is -0.677. The molecule has 4 aliphatic carbocycles. The highest BCUT2D eigenvalue weighted by Gasteiger charge is 2.67. The summed E-state index contributed by atoms with van der Waals surface area (Å²) < 4.78 is 11.2. The summed E-state index contributed by atoms with van der Waals surface area (Å²) in [7, 11) is 0. The lowest BCUT2D eigenvalue weighted by Crippen LogP contribution is -2.62. The van der Waals surface area contributed by atoms with Crippen LogP contribution in [0.2, 0.25) is 0 Å². The van der Waals surface area contributed by atoms with Crippen molar-refractivity contribution in [1.82, 2.24) is 10.2 Å². The first-order valence-electron chi connectivity index (χ1n) is 15.0. The zero-order valence-corrected chi connectivity index (χ0v) is 22.8. The maximum atomic E-state index is 12.5.